The molecule has 3 nitrogen and oxygen atoms in total. The molecule has 1 N–H and O–H groups in total. The van der Waals surface area contributed by atoms with E-state index in [1.807, 2.05) is 30.3 Å². The fourth-order valence-corrected chi connectivity index (χ4v) is 5.63. The van der Waals surface area contributed by atoms with Crippen LogP contribution < -0.4 is 4.74 Å². The highest BCUT2D eigenvalue weighted by Crippen LogP contribution is 2.60. The first-order chi connectivity index (χ1) is 11.2. The van der Waals surface area contributed by atoms with Crippen molar-refractivity contribution < 1.29 is 9.94 Å². The van der Waals surface area contributed by atoms with Gasteiger partial charge >= 0.3 is 0 Å². The molecule has 4 saturated carbocycles. The molecule has 0 aromatic heterocycles. The molecular weight excluding hydrogens is 286 g/mol. The molecule has 0 radical (unpaired) electrons. The molecular formula is C20H25NO2. The smallest absolute Gasteiger partial charge is 0.118 e. The van der Waals surface area contributed by atoms with E-state index >= 15 is 0 Å². The maximum atomic E-state index is 9.66. The summed E-state index contributed by atoms with van der Waals surface area (Å²) in [6.45, 7) is 0. The average Bonchev–Trinajstić information content (AvgIpc) is 2.54. The standard InChI is InChI=1S/C20H25NO2/c1-23-18-5-2-14(3-6-18)4-7-19(21-22)20-11-15-8-16(12-20)10-17(9-15)13-20/h2-7,15-17,22H,8-13H2,1H3/b7-4+,21-19+. The minimum absolute atomic E-state index is 0.131. The number of ether oxygens (including phenoxy) is 1. The molecule has 4 fully saturated rings. The maximum absolute atomic E-state index is 9.66. The molecule has 0 saturated heterocycles. The van der Waals surface area contributed by atoms with E-state index in [0.717, 1.165) is 34.8 Å². The molecule has 0 atom stereocenters. The van der Waals surface area contributed by atoms with Crippen molar-refractivity contribution >= 4 is 11.8 Å². The van der Waals surface area contributed by atoms with E-state index in [2.05, 4.69) is 11.2 Å². The zero-order chi connectivity index (χ0) is 15.9. The lowest BCUT2D eigenvalue weighted by molar-refractivity contribution is -0.0131. The van der Waals surface area contributed by atoms with Crippen molar-refractivity contribution in [1.82, 2.24) is 0 Å². The van der Waals surface area contributed by atoms with E-state index < -0.39 is 0 Å². The molecule has 0 spiro atoms. The first kappa shape index (κ1) is 14.8. The van der Waals surface area contributed by atoms with Crippen LogP contribution in [0.5, 0.6) is 5.75 Å². The van der Waals surface area contributed by atoms with Crippen LogP contribution in [0, 0.1) is 23.2 Å². The molecule has 1 aromatic carbocycles. The largest absolute Gasteiger partial charge is 0.497 e. The van der Waals surface area contributed by atoms with Crippen LogP contribution in [0.2, 0.25) is 0 Å². The van der Waals surface area contributed by atoms with Gasteiger partial charge in [0.05, 0.1) is 12.8 Å². The van der Waals surface area contributed by atoms with Gasteiger partial charge in [0, 0.05) is 5.41 Å². The minimum atomic E-state index is 0.131. The first-order valence-electron chi connectivity index (χ1n) is 8.75. The van der Waals surface area contributed by atoms with Crippen LogP contribution in [0.25, 0.3) is 6.08 Å². The summed E-state index contributed by atoms with van der Waals surface area (Å²) in [6.07, 6.45) is 11.9. The zero-order valence-corrected chi connectivity index (χ0v) is 13.7. The van der Waals surface area contributed by atoms with Crippen LogP contribution in [0.1, 0.15) is 44.1 Å². The Hall–Kier alpha value is -1.77. The van der Waals surface area contributed by atoms with Gasteiger partial charge in [0.25, 0.3) is 0 Å². The van der Waals surface area contributed by atoms with Gasteiger partial charge in [-0.15, -0.1) is 0 Å². The summed E-state index contributed by atoms with van der Waals surface area (Å²) in [4.78, 5) is 0. The fraction of sp³-hybridized carbons (Fsp3) is 0.550. The quantitative estimate of drug-likeness (QED) is 0.495. The van der Waals surface area contributed by atoms with Crippen molar-refractivity contribution in [2.45, 2.75) is 38.5 Å². The molecule has 0 unspecified atom stereocenters. The number of methoxy groups -OCH3 is 1. The van der Waals surface area contributed by atoms with Gasteiger partial charge in [-0.25, -0.2) is 0 Å². The summed E-state index contributed by atoms with van der Waals surface area (Å²) < 4.78 is 5.19. The summed E-state index contributed by atoms with van der Waals surface area (Å²) in [5.74, 6) is 3.42. The Kier molecular flexibility index (Phi) is 3.67. The lowest BCUT2D eigenvalue weighted by atomic mass is 9.48. The highest BCUT2D eigenvalue weighted by Gasteiger charge is 2.52. The third-order valence-corrected chi connectivity index (χ3v) is 6.24. The predicted octanol–water partition coefficient (Wildman–Crippen LogP) is 4.76. The summed E-state index contributed by atoms with van der Waals surface area (Å²) in [6, 6.07) is 7.98. The van der Waals surface area contributed by atoms with Gasteiger partial charge in [0.2, 0.25) is 0 Å². The Bertz CT molecular complexity index is 594. The molecule has 122 valence electrons. The Labute approximate surface area is 138 Å². The first-order valence-corrected chi connectivity index (χ1v) is 8.75. The predicted molar refractivity (Wildman–Crippen MR) is 91.9 cm³/mol. The van der Waals surface area contributed by atoms with Crippen molar-refractivity contribution in [1.29, 1.82) is 0 Å². The SMILES string of the molecule is COc1ccc(/C=C/C(=N\O)C23CC4CC(CC(C4)C2)C3)cc1. The summed E-state index contributed by atoms with van der Waals surface area (Å²) >= 11 is 0. The molecule has 4 aliphatic rings. The normalized spacial score (nSPS) is 35.9. The Morgan fingerprint density at radius 1 is 1.09 bits per heavy atom. The van der Waals surface area contributed by atoms with Crippen LogP contribution in [0.15, 0.2) is 35.5 Å². The third kappa shape index (κ3) is 2.66. The maximum Gasteiger partial charge on any atom is 0.118 e. The number of benzene rings is 1. The van der Waals surface area contributed by atoms with Crippen molar-refractivity contribution in [3.05, 3.63) is 35.9 Å². The van der Waals surface area contributed by atoms with E-state index in [1.165, 1.54) is 38.5 Å². The van der Waals surface area contributed by atoms with E-state index in [-0.39, 0.29) is 5.41 Å². The molecule has 4 bridgehead atoms. The van der Waals surface area contributed by atoms with Crippen molar-refractivity contribution in [2.24, 2.45) is 28.3 Å². The van der Waals surface area contributed by atoms with Crippen molar-refractivity contribution in [3.63, 3.8) is 0 Å². The highest BCUT2D eigenvalue weighted by molar-refractivity contribution is 6.02. The van der Waals surface area contributed by atoms with Gasteiger partial charge in [0.15, 0.2) is 0 Å². The molecule has 0 heterocycles. The average molecular weight is 311 g/mol. The fourth-order valence-electron chi connectivity index (χ4n) is 5.63. The van der Waals surface area contributed by atoms with Crippen LogP contribution in [-0.4, -0.2) is 18.0 Å². The minimum Gasteiger partial charge on any atom is -0.497 e. The zero-order valence-electron chi connectivity index (χ0n) is 13.7. The van der Waals surface area contributed by atoms with Crippen LogP contribution in [0.4, 0.5) is 0 Å². The number of oxime groups is 1. The molecule has 5 rings (SSSR count). The summed E-state index contributed by atoms with van der Waals surface area (Å²) in [7, 11) is 1.68. The molecule has 3 heteroatoms. The Morgan fingerprint density at radius 2 is 1.65 bits per heavy atom. The number of rotatable bonds is 4. The second kappa shape index (κ2) is 5.70. The highest BCUT2D eigenvalue weighted by atomic mass is 16.5. The van der Waals surface area contributed by atoms with Crippen molar-refractivity contribution in [2.75, 3.05) is 7.11 Å². The van der Waals surface area contributed by atoms with Crippen LogP contribution in [-0.2, 0) is 0 Å². The van der Waals surface area contributed by atoms with Crippen LogP contribution in [0.3, 0.4) is 0 Å². The summed E-state index contributed by atoms with van der Waals surface area (Å²) in [5, 5.41) is 13.4. The lowest BCUT2D eigenvalue weighted by Crippen LogP contribution is -2.49. The molecule has 23 heavy (non-hydrogen) atoms. The molecule has 0 amide bonds. The number of allylic oxidation sites excluding steroid dienone is 1. The van der Waals surface area contributed by atoms with E-state index in [1.54, 1.807) is 7.11 Å². The number of hydrogen-bond acceptors (Lipinski definition) is 3. The lowest BCUT2D eigenvalue weighted by Gasteiger charge is -2.56. The van der Waals surface area contributed by atoms with E-state index in [0.29, 0.717) is 0 Å². The van der Waals surface area contributed by atoms with Gasteiger partial charge in [-0.05, 0) is 80.1 Å². The van der Waals surface area contributed by atoms with E-state index in [4.69, 9.17) is 4.74 Å². The van der Waals surface area contributed by atoms with Gasteiger partial charge in [-0.3, -0.25) is 0 Å². The number of nitrogens with zero attached hydrogens (tertiary/aromatic N) is 1. The third-order valence-electron chi connectivity index (χ3n) is 6.24. The topological polar surface area (TPSA) is 41.8 Å². The van der Waals surface area contributed by atoms with Gasteiger partial charge < -0.3 is 9.94 Å². The monoisotopic (exact) mass is 311 g/mol. The Morgan fingerprint density at radius 3 is 2.13 bits per heavy atom. The molecule has 4 aliphatic carbocycles. The second-order valence-corrected chi connectivity index (χ2v) is 7.79. The number of hydrogen-bond donors (Lipinski definition) is 1. The van der Waals surface area contributed by atoms with Crippen molar-refractivity contribution in [3.8, 4) is 5.75 Å². The summed E-state index contributed by atoms with van der Waals surface area (Å²) in [5.41, 5.74) is 2.14. The second-order valence-electron chi connectivity index (χ2n) is 7.79. The molecule has 0 aliphatic heterocycles. The Balaban J connectivity index is 1.55. The van der Waals surface area contributed by atoms with Gasteiger partial charge in [-0.2, -0.15) is 0 Å². The van der Waals surface area contributed by atoms with Gasteiger partial charge in [-0.1, -0.05) is 23.4 Å². The van der Waals surface area contributed by atoms with E-state index in [9.17, 15) is 5.21 Å². The molecule has 1 aromatic rings. The van der Waals surface area contributed by atoms with Crippen LogP contribution >= 0.6 is 0 Å². The van der Waals surface area contributed by atoms with Gasteiger partial charge in [0.1, 0.15) is 5.75 Å².